The maximum atomic E-state index is 13.4. The number of nitriles is 1. The number of benzene rings is 2. The Hall–Kier alpha value is -3.37. The number of fused-ring (bicyclic) bond motifs is 1. The molecule has 4 rings (SSSR count). The summed E-state index contributed by atoms with van der Waals surface area (Å²) >= 11 is 5.82. The molecule has 1 aliphatic rings. The van der Waals surface area contributed by atoms with Crippen molar-refractivity contribution >= 4 is 40.0 Å². The lowest BCUT2D eigenvalue weighted by Gasteiger charge is -2.17. The highest BCUT2D eigenvalue weighted by Crippen LogP contribution is 2.29. The maximum absolute atomic E-state index is 13.4. The first-order chi connectivity index (χ1) is 14.0. The summed E-state index contributed by atoms with van der Waals surface area (Å²) in [5, 5.41) is 12.9. The Morgan fingerprint density at radius 3 is 2.93 bits per heavy atom. The van der Waals surface area contributed by atoms with Gasteiger partial charge in [-0.1, -0.05) is 11.6 Å². The fraction of sp³-hybridized carbons (Fsp3) is 0.190. The molecule has 146 valence electrons. The van der Waals surface area contributed by atoms with E-state index in [1.807, 2.05) is 0 Å². The first-order valence-electron chi connectivity index (χ1n) is 9.01. The summed E-state index contributed by atoms with van der Waals surface area (Å²) in [7, 11) is 0. The molecule has 3 aromatic rings. The molecular weight excluding hydrogens is 395 g/mol. The number of hydrogen-bond donors (Lipinski definition) is 2. The fourth-order valence-electron chi connectivity index (χ4n) is 3.57. The standard InChI is InChI=1S/C21H16ClFN4O2/c22-14-5-12(6-15(23)7-14)10-26-20(28)17-3-4-27(21(17)29)16-1-2-19-18(8-16)13(9-24)11-25-19/h1-2,5-8,11,17,25H,3-4,10H2,(H,26,28). The Balaban J connectivity index is 1.47. The summed E-state index contributed by atoms with van der Waals surface area (Å²) in [5.41, 5.74) is 2.47. The van der Waals surface area contributed by atoms with Gasteiger partial charge in [0, 0.05) is 40.9 Å². The number of aromatic nitrogens is 1. The van der Waals surface area contributed by atoms with Gasteiger partial charge in [0.2, 0.25) is 11.8 Å². The van der Waals surface area contributed by atoms with Crippen LogP contribution in [-0.4, -0.2) is 23.3 Å². The van der Waals surface area contributed by atoms with E-state index in [0.717, 1.165) is 10.9 Å². The number of carbonyl (C=O) groups excluding carboxylic acids is 2. The molecule has 29 heavy (non-hydrogen) atoms. The normalized spacial score (nSPS) is 16.2. The first-order valence-corrected chi connectivity index (χ1v) is 9.39. The molecule has 0 saturated carbocycles. The lowest BCUT2D eigenvalue weighted by atomic mass is 10.1. The molecule has 2 heterocycles. The summed E-state index contributed by atoms with van der Waals surface area (Å²) in [6, 6.07) is 11.5. The molecule has 1 unspecified atom stereocenters. The molecule has 0 bridgehead atoms. The van der Waals surface area contributed by atoms with E-state index >= 15 is 0 Å². The highest BCUT2D eigenvalue weighted by atomic mass is 35.5. The van der Waals surface area contributed by atoms with Gasteiger partial charge in [-0.25, -0.2) is 4.39 Å². The molecule has 2 N–H and O–H groups in total. The molecule has 0 radical (unpaired) electrons. The number of hydrogen-bond acceptors (Lipinski definition) is 3. The molecule has 1 atom stereocenters. The fourth-order valence-corrected chi connectivity index (χ4v) is 3.82. The summed E-state index contributed by atoms with van der Waals surface area (Å²) in [4.78, 5) is 29.9. The van der Waals surface area contributed by atoms with E-state index in [1.54, 1.807) is 35.4 Å². The monoisotopic (exact) mass is 410 g/mol. The van der Waals surface area contributed by atoms with Crippen LogP contribution in [0.5, 0.6) is 0 Å². The maximum Gasteiger partial charge on any atom is 0.239 e. The third-order valence-corrected chi connectivity index (χ3v) is 5.23. The van der Waals surface area contributed by atoms with Gasteiger partial charge in [0.05, 0.1) is 5.56 Å². The number of anilines is 1. The van der Waals surface area contributed by atoms with Gasteiger partial charge in [-0.3, -0.25) is 9.59 Å². The van der Waals surface area contributed by atoms with E-state index in [9.17, 15) is 19.2 Å². The van der Waals surface area contributed by atoms with Gasteiger partial charge in [0.25, 0.3) is 0 Å². The number of aromatic amines is 1. The zero-order valence-electron chi connectivity index (χ0n) is 15.2. The third-order valence-electron chi connectivity index (χ3n) is 5.01. The number of nitrogens with one attached hydrogen (secondary N) is 2. The molecule has 1 fully saturated rings. The van der Waals surface area contributed by atoms with Crippen molar-refractivity contribution in [1.29, 1.82) is 5.26 Å². The average molecular weight is 411 g/mol. The first kappa shape index (κ1) is 19.0. The molecule has 6 nitrogen and oxygen atoms in total. The second-order valence-corrected chi connectivity index (χ2v) is 7.31. The quantitative estimate of drug-likeness (QED) is 0.645. The highest BCUT2D eigenvalue weighted by molar-refractivity contribution is 6.30. The third kappa shape index (κ3) is 3.67. The zero-order valence-corrected chi connectivity index (χ0v) is 16.0. The molecule has 0 spiro atoms. The van der Waals surface area contributed by atoms with Crippen molar-refractivity contribution < 1.29 is 14.0 Å². The van der Waals surface area contributed by atoms with Crippen molar-refractivity contribution in [3.05, 3.63) is 64.6 Å². The molecular formula is C21H16ClFN4O2. The number of halogens is 2. The van der Waals surface area contributed by atoms with E-state index in [0.29, 0.717) is 29.8 Å². The van der Waals surface area contributed by atoms with Gasteiger partial charge in [0.1, 0.15) is 17.8 Å². The largest absolute Gasteiger partial charge is 0.360 e. The summed E-state index contributed by atoms with van der Waals surface area (Å²) < 4.78 is 13.4. The Morgan fingerprint density at radius 2 is 2.17 bits per heavy atom. The lowest BCUT2D eigenvalue weighted by molar-refractivity contribution is -0.132. The van der Waals surface area contributed by atoms with Crippen molar-refractivity contribution in [2.75, 3.05) is 11.4 Å². The minimum absolute atomic E-state index is 0.0843. The van der Waals surface area contributed by atoms with Crippen LogP contribution in [0.2, 0.25) is 5.02 Å². The Morgan fingerprint density at radius 1 is 1.34 bits per heavy atom. The molecule has 1 saturated heterocycles. The van der Waals surface area contributed by atoms with Crippen molar-refractivity contribution in [1.82, 2.24) is 10.3 Å². The van der Waals surface area contributed by atoms with Crippen molar-refractivity contribution in [2.24, 2.45) is 5.92 Å². The summed E-state index contributed by atoms with van der Waals surface area (Å²) in [5.74, 6) is -2.00. The SMILES string of the molecule is N#Cc1c[nH]c2ccc(N3CCC(C(=O)NCc4cc(F)cc(Cl)c4)C3=O)cc12. The second kappa shape index (κ2) is 7.57. The van der Waals surface area contributed by atoms with E-state index < -0.39 is 17.6 Å². The Kier molecular flexibility index (Phi) is 4.95. The Bertz CT molecular complexity index is 1150. The second-order valence-electron chi connectivity index (χ2n) is 6.87. The predicted octanol–water partition coefficient (Wildman–Crippen LogP) is 3.50. The number of nitrogens with zero attached hydrogens (tertiary/aromatic N) is 2. The van der Waals surface area contributed by atoms with Crippen molar-refractivity contribution in [3.63, 3.8) is 0 Å². The van der Waals surface area contributed by atoms with E-state index in [1.165, 1.54) is 12.1 Å². The molecule has 1 aromatic heterocycles. The molecule has 8 heteroatoms. The predicted molar refractivity (Wildman–Crippen MR) is 107 cm³/mol. The highest BCUT2D eigenvalue weighted by Gasteiger charge is 2.37. The molecule has 1 aliphatic heterocycles. The smallest absolute Gasteiger partial charge is 0.239 e. The van der Waals surface area contributed by atoms with Crippen LogP contribution < -0.4 is 10.2 Å². The van der Waals surface area contributed by atoms with E-state index in [2.05, 4.69) is 16.4 Å². The van der Waals surface area contributed by atoms with Crippen LogP contribution in [0.1, 0.15) is 17.5 Å². The van der Waals surface area contributed by atoms with Crippen molar-refractivity contribution in [2.45, 2.75) is 13.0 Å². The lowest BCUT2D eigenvalue weighted by Crippen LogP contribution is -2.36. The van der Waals surface area contributed by atoms with Gasteiger partial charge in [-0.05, 0) is 48.4 Å². The van der Waals surface area contributed by atoms with Crippen LogP contribution in [0, 0.1) is 23.1 Å². The van der Waals surface area contributed by atoms with Gasteiger partial charge < -0.3 is 15.2 Å². The summed E-state index contributed by atoms with van der Waals surface area (Å²) in [6.07, 6.45) is 2.00. The molecule has 0 aliphatic carbocycles. The van der Waals surface area contributed by atoms with Crippen LogP contribution in [0.4, 0.5) is 10.1 Å². The van der Waals surface area contributed by atoms with Crippen molar-refractivity contribution in [3.8, 4) is 6.07 Å². The van der Waals surface area contributed by atoms with Crippen LogP contribution in [0.15, 0.2) is 42.6 Å². The van der Waals surface area contributed by atoms with Crippen LogP contribution in [-0.2, 0) is 16.1 Å². The molecule has 2 amide bonds. The minimum Gasteiger partial charge on any atom is -0.360 e. The van der Waals surface area contributed by atoms with Gasteiger partial charge in [-0.2, -0.15) is 5.26 Å². The van der Waals surface area contributed by atoms with Crippen LogP contribution in [0.3, 0.4) is 0 Å². The van der Waals surface area contributed by atoms with E-state index in [4.69, 9.17) is 11.6 Å². The topological polar surface area (TPSA) is 89.0 Å². The van der Waals surface area contributed by atoms with Gasteiger partial charge in [0.15, 0.2) is 0 Å². The average Bonchev–Trinajstić information content (AvgIpc) is 3.28. The van der Waals surface area contributed by atoms with Crippen LogP contribution in [0.25, 0.3) is 10.9 Å². The summed E-state index contributed by atoms with van der Waals surface area (Å²) in [6.45, 7) is 0.488. The van der Waals surface area contributed by atoms with Crippen LogP contribution >= 0.6 is 11.6 Å². The number of amides is 2. The molecule has 2 aromatic carbocycles. The van der Waals surface area contributed by atoms with Gasteiger partial charge in [-0.15, -0.1) is 0 Å². The van der Waals surface area contributed by atoms with Gasteiger partial charge >= 0.3 is 0 Å². The zero-order chi connectivity index (χ0) is 20.5. The number of H-pyrrole nitrogens is 1. The minimum atomic E-state index is -0.809. The number of carbonyl (C=O) groups is 2. The van der Waals surface area contributed by atoms with E-state index in [-0.39, 0.29) is 17.5 Å². The Labute approximate surface area is 170 Å². The number of rotatable bonds is 4.